The molecule has 0 saturated heterocycles. The van der Waals surface area contributed by atoms with Crippen molar-refractivity contribution < 1.29 is 14.4 Å². The van der Waals surface area contributed by atoms with Gasteiger partial charge in [0.05, 0.1) is 6.42 Å². The average molecular weight is 371 g/mol. The number of anilines is 1. The van der Waals surface area contributed by atoms with E-state index in [1.54, 1.807) is 35.6 Å². The first-order chi connectivity index (χ1) is 12.6. The minimum absolute atomic E-state index is 0.0712. The molecular formula is C19H21N3O3S. The van der Waals surface area contributed by atoms with E-state index in [-0.39, 0.29) is 23.6 Å². The first-order valence-electron chi connectivity index (χ1n) is 8.60. The molecule has 0 spiro atoms. The Bertz CT molecular complexity index is 768. The van der Waals surface area contributed by atoms with E-state index in [2.05, 4.69) is 16.0 Å². The van der Waals surface area contributed by atoms with E-state index in [9.17, 15) is 14.4 Å². The predicted octanol–water partition coefficient (Wildman–Crippen LogP) is 2.19. The van der Waals surface area contributed by atoms with Crippen LogP contribution in [-0.2, 0) is 16.0 Å². The zero-order chi connectivity index (χ0) is 18.4. The molecule has 136 valence electrons. The number of benzene rings is 1. The number of thiophene rings is 1. The third kappa shape index (κ3) is 5.42. The summed E-state index contributed by atoms with van der Waals surface area (Å²) in [6.45, 7) is 0.814. The van der Waals surface area contributed by atoms with Crippen LogP contribution in [0.4, 0.5) is 5.69 Å². The Hall–Kier alpha value is -2.67. The first-order valence-corrected chi connectivity index (χ1v) is 9.48. The molecule has 7 heteroatoms. The van der Waals surface area contributed by atoms with Gasteiger partial charge in [0.1, 0.15) is 0 Å². The Labute approximate surface area is 156 Å². The molecule has 1 aliphatic carbocycles. The highest BCUT2D eigenvalue weighted by Gasteiger charge is 2.28. The Morgan fingerprint density at radius 3 is 2.38 bits per heavy atom. The van der Waals surface area contributed by atoms with Crippen LogP contribution in [0.2, 0.25) is 0 Å². The van der Waals surface area contributed by atoms with Gasteiger partial charge in [0.25, 0.3) is 5.91 Å². The van der Waals surface area contributed by atoms with Crippen molar-refractivity contribution in [2.75, 3.05) is 18.4 Å². The second-order valence-electron chi connectivity index (χ2n) is 6.20. The molecule has 0 radical (unpaired) electrons. The normalized spacial score (nSPS) is 13.1. The molecular weight excluding hydrogens is 350 g/mol. The lowest BCUT2D eigenvalue weighted by Crippen LogP contribution is -2.35. The van der Waals surface area contributed by atoms with Crippen molar-refractivity contribution >= 4 is 34.7 Å². The van der Waals surface area contributed by atoms with Gasteiger partial charge in [-0.3, -0.25) is 14.4 Å². The molecule has 1 heterocycles. The summed E-state index contributed by atoms with van der Waals surface area (Å²) in [5.74, 6) is -0.0478. The topological polar surface area (TPSA) is 87.3 Å². The molecule has 1 aliphatic rings. The maximum absolute atomic E-state index is 12.1. The largest absolute Gasteiger partial charge is 0.354 e. The standard InChI is InChI=1S/C19H21N3O3S/c23-17(12-16-2-1-11-26-16)22-15-7-5-14(6-8-15)19(25)21-10-9-20-18(24)13-3-4-13/h1-2,5-8,11,13H,3-4,9-10,12H2,(H,20,24)(H,21,25)(H,22,23). The van der Waals surface area contributed by atoms with E-state index in [4.69, 9.17) is 0 Å². The number of hydrogen-bond acceptors (Lipinski definition) is 4. The van der Waals surface area contributed by atoms with Crippen molar-refractivity contribution in [2.45, 2.75) is 19.3 Å². The number of amides is 3. The minimum Gasteiger partial charge on any atom is -0.354 e. The average Bonchev–Trinajstić information content (AvgIpc) is 3.37. The summed E-state index contributed by atoms with van der Waals surface area (Å²) in [7, 11) is 0. The van der Waals surface area contributed by atoms with Gasteiger partial charge in [-0.15, -0.1) is 11.3 Å². The number of hydrogen-bond donors (Lipinski definition) is 3. The van der Waals surface area contributed by atoms with Crippen molar-refractivity contribution in [3.63, 3.8) is 0 Å². The molecule has 1 saturated carbocycles. The van der Waals surface area contributed by atoms with Crippen LogP contribution in [0.5, 0.6) is 0 Å². The SMILES string of the molecule is O=C(Cc1cccs1)Nc1ccc(C(=O)NCCNC(=O)C2CC2)cc1. The molecule has 26 heavy (non-hydrogen) atoms. The van der Waals surface area contributed by atoms with E-state index in [1.165, 1.54) is 0 Å². The van der Waals surface area contributed by atoms with Gasteiger partial charge >= 0.3 is 0 Å². The molecule has 1 fully saturated rings. The Morgan fingerprint density at radius 2 is 1.73 bits per heavy atom. The van der Waals surface area contributed by atoms with E-state index < -0.39 is 0 Å². The Kier molecular flexibility index (Phi) is 6.01. The van der Waals surface area contributed by atoms with Crippen molar-refractivity contribution in [2.24, 2.45) is 5.92 Å². The van der Waals surface area contributed by atoms with E-state index in [1.807, 2.05) is 17.5 Å². The lowest BCUT2D eigenvalue weighted by atomic mass is 10.2. The van der Waals surface area contributed by atoms with Gasteiger partial charge in [0, 0.05) is 35.1 Å². The van der Waals surface area contributed by atoms with Gasteiger partial charge in [0.2, 0.25) is 11.8 Å². The fourth-order valence-corrected chi connectivity index (χ4v) is 3.14. The zero-order valence-electron chi connectivity index (χ0n) is 14.3. The molecule has 0 unspecified atom stereocenters. The van der Waals surface area contributed by atoms with E-state index in [0.717, 1.165) is 17.7 Å². The van der Waals surface area contributed by atoms with Crippen molar-refractivity contribution in [3.8, 4) is 0 Å². The molecule has 6 nitrogen and oxygen atoms in total. The molecule has 1 aromatic carbocycles. The summed E-state index contributed by atoms with van der Waals surface area (Å²) in [5.41, 5.74) is 1.16. The van der Waals surface area contributed by atoms with Crippen molar-refractivity contribution in [1.29, 1.82) is 0 Å². The lowest BCUT2D eigenvalue weighted by molar-refractivity contribution is -0.122. The van der Waals surface area contributed by atoms with Crippen LogP contribution in [0, 0.1) is 5.92 Å². The molecule has 2 aromatic rings. The van der Waals surface area contributed by atoms with Crippen LogP contribution in [0.25, 0.3) is 0 Å². The summed E-state index contributed by atoms with van der Waals surface area (Å²) in [4.78, 5) is 36.5. The van der Waals surface area contributed by atoms with Gasteiger partial charge in [0.15, 0.2) is 0 Å². The number of carbonyl (C=O) groups is 3. The number of nitrogens with one attached hydrogen (secondary N) is 3. The summed E-state index contributed by atoms with van der Waals surface area (Å²) < 4.78 is 0. The van der Waals surface area contributed by atoms with Crippen LogP contribution < -0.4 is 16.0 Å². The third-order valence-electron chi connectivity index (χ3n) is 4.00. The maximum Gasteiger partial charge on any atom is 0.251 e. The third-order valence-corrected chi connectivity index (χ3v) is 4.88. The summed E-state index contributed by atoms with van der Waals surface area (Å²) >= 11 is 1.54. The lowest BCUT2D eigenvalue weighted by Gasteiger charge is -2.08. The second kappa shape index (κ2) is 8.62. The van der Waals surface area contributed by atoms with Crippen molar-refractivity contribution in [3.05, 3.63) is 52.2 Å². The Morgan fingerprint density at radius 1 is 1.00 bits per heavy atom. The summed E-state index contributed by atoms with van der Waals surface area (Å²) in [6.07, 6.45) is 2.27. The van der Waals surface area contributed by atoms with Crippen molar-refractivity contribution in [1.82, 2.24) is 10.6 Å². The quantitative estimate of drug-likeness (QED) is 0.622. The highest BCUT2D eigenvalue weighted by molar-refractivity contribution is 7.10. The first kappa shape index (κ1) is 18.1. The second-order valence-corrected chi connectivity index (χ2v) is 7.24. The summed E-state index contributed by atoms with van der Waals surface area (Å²) in [5, 5.41) is 10.3. The van der Waals surface area contributed by atoms with Gasteiger partial charge in [-0.1, -0.05) is 6.07 Å². The van der Waals surface area contributed by atoms with E-state index in [0.29, 0.717) is 30.8 Å². The van der Waals surface area contributed by atoms with Crippen LogP contribution in [0.1, 0.15) is 28.1 Å². The van der Waals surface area contributed by atoms with Gasteiger partial charge in [-0.2, -0.15) is 0 Å². The number of rotatable bonds is 8. The highest BCUT2D eigenvalue weighted by atomic mass is 32.1. The van der Waals surface area contributed by atoms with E-state index >= 15 is 0 Å². The zero-order valence-corrected chi connectivity index (χ0v) is 15.1. The molecule has 0 bridgehead atoms. The highest BCUT2D eigenvalue weighted by Crippen LogP contribution is 2.28. The molecule has 3 amide bonds. The van der Waals surface area contributed by atoms with Crippen LogP contribution in [0.15, 0.2) is 41.8 Å². The number of carbonyl (C=O) groups excluding carboxylic acids is 3. The van der Waals surface area contributed by atoms with Crippen LogP contribution in [-0.4, -0.2) is 30.8 Å². The Balaban J connectivity index is 1.40. The maximum atomic E-state index is 12.1. The fourth-order valence-electron chi connectivity index (χ4n) is 2.44. The predicted molar refractivity (Wildman–Crippen MR) is 101 cm³/mol. The van der Waals surface area contributed by atoms with Crippen LogP contribution >= 0.6 is 11.3 Å². The molecule has 1 aromatic heterocycles. The molecule has 0 atom stereocenters. The molecule has 0 aliphatic heterocycles. The van der Waals surface area contributed by atoms with Gasteiger partial charge in [-0.25, -0.2) is 0 Å². The van der Waals surface area contributed by atoms with Gasteiger partial charge in [-0.05, 0) is 48.6 Å². The fraction of sp³-hybridized carbons (Fsp3) is 0.316. The molecule has 3 rings (SSSR count). The smallest absolute Gasteiger partial charge is 0.251 e. The van der Waals surface area contributed by atoms with Crippen LogP contribution in [0.3, 0.4) is 0 Å². The minimum atomic E-state index is -0.206. The summed E-state index contributed by atoms with van der Waals surface area (Å²) in [6, 6.07) is 10.6. The monoisotopic (exact) mass is 371 g/mol. The van der Waals surface area contributed by atoms with Gasteiger partial charge < -0.3 is 16.0 Å². The molecule has 3 N–H and O–H groups in total.